The van der Waals surface area contributed by atoms with Crippen LogP contribution in [0.15, 0.2) is 24.3 Å². The van der Waals surface area contributed by atoms with E-state index in [1.54, 1.807) is 25.1 Å². The maximum absolute atomic E-state index is 11.2. The van der Waals surface area contributed by atoms with Gasteiger partial charge >= 0.3 is 5.97 Å². The minimum Gasteiger partial charge on any atom is -0.469 e. The Morgan fingerprint density at radius 1 is 1.57 bits per heavy atom. The predicted molar refractivity (Wildman–Crippen MR) is 51.6 cm³/mol. The average molecular weight is 189 g/mol. The smallest absolute Gasteiger partial charge is 0.312 e. The summed E-state index contributed by atoms with van der Waals surface area (Å²) in [5.41, 5.74) is 1.36. The van der Waals surface area contributed by atoms with Crippen molar-refractivity contribution in [2.45, 2.75) is 12.8 Å². The van der Waals surface area contributed by atoms with Gasteiger partial charge in [0.25, 0.3) is 0 Å². The average Bonchev–Trinajstić information content (AvgIpc) is 2.27. The summed E-state index contributed by atoms with van der Waals surface area (Å²) in [6, 6.07) is 8.99. The van der Waals surface area contributed by atoms with E-state index in [0.29, 0.717) is 5.56 Å². The van der Waals surface area contributed by atoms with Gasteiger partial charge in [-0.2, -0.15) is 5.26 Å². The maximum atomic E-state index is 11.2. The number of rotatable bonds is 2. The van der Waals surface area contributed by atoms with E-state index in [0.717, 1.165) is 5.56 Å². The Morgan fingerprint density at radius 3 is 2.86 bits per heavy atom. The highest BCUT2D eigenvalue weighted by Gasteiger charge is 2.15. The van der Waals surface area contributed by atoms with E-state index in [-0.39, 0.29) is 11.9 Å². The van der Waals surface area contributed by atoms with Gasteiger partial charge in [0.2, 0.25) is 0 Å². The highest BCUT2D eigenvalue weighted by molar-refractivity contribution is 5.77. The minimum absolute atomic E-state index is 0.292. The lowest BCUT2D eigenvalue weighted by atomic mass is 10.00. The Kier molecular flexibility index (Phi) is 3.24. The number of carbonyl (C=O) groups is 1. The molecule has 0 aliphatic rings. The Hall–Kier alpha value is -1.82. The number of hydrogen-bond acceptors (Lipinski definition) is 3. The monoisotopic (exact) mass is 189 g/mol. The molecule has 0 N–H and O–H groups in total. The number of hydrogen-bond donors (Lipinski definition) is 0. The third-order valence-corrected chi connectivity index (χ3v) is 2.07. The molecule has 0 heterocycles. The Morgan fingerprint density at radius 2 is 2.29 bits per heavy atom. The van der Waals surface area contributed by atoms with Crippen molar-refractivity contribution in [1.82, 2.24) is 0 Å². The van der Waals surface area contributed by atoms with Crippen molar-refractivity contribution in [3.05, 3.63) is 35.4 Å². The number of carbonyl (C=O) groups excluding carboxylic acids is 1. The van der Waals surface area contributed by atoms with E-state index < -0.39 is 0 Å². The molecule has 14 heavy (non-hydrogen) atoms. The number of methoxy groups -OCH3 is 1. The Bertz CT molecular complexity index is 379. The number of benzene rings is 1. The summed E-state index contributed by atoms with van der Waals surface area (Å²) in [7, 11) is 1.35. The largest absolute Gasteiger partial charge is 0.469 e. The van der Waals surface area contributed by atoms with Crippen LogP contribution >= 0.6 is 0 Å². The molecule has 1 atom stereocenters. The Balaban J connectivity index is 2.96. The molecule has 72 valence electrons. The molecular formula is C11H11NO2. The van der Waals surface area contributed by atoms with Gasteiger partial charge in [0, 0.05) is 0 Å². The van der Waals surface area contributed by atoms with E-state index in [2.05, 4.69) is 4.74 Å². The molecule has 3 nitrogen and oxygen atoms in total. The number of esters is 1. The molecule has 0 radical (unpaired) electrons. The van der Waals surface area contributed by atoms with Crippen LogP contribution in [0.4, 0.5) is 0 Å². The number of nitriles is 1. The predicted octanol–water partition coefficient (Wildman–Crippen LogP) is 1.83. The zero-order chi connectivity index (χ0) is 10.6. The molecule has 0 aromatic heterocycles. The van der Waals surface area contributed by atoms with Crippen molar-refractivity contribution >= 4 is 5.97 Å². The molecule has 1 aromatic rings. The van der Waals surface area contributed by atoms with Gasteiger partial charge in [0.1, 0.15) is 0 Å². The SMILES string of the molecule is COC(=O)[C@@H](C)c1cccc(C#N)c1. The van der Waals surface area contributed by atoms with Crippen LogP contribution in [0.25, 0.3) is 0 Å². The van der Waals surface area contributed by atoms with E-state index >= 15 is 0 Å². The van der Waals surface area contributed by atoms with Crippen LogP contribution in [0.1, 0.15) is 24.0 Å². The first-order valence-corrected chi connectivity index (χ1v) is 4.27. The fourth-order valence-electron chi connectivity index (χ4n) is 1.19. The molecule has 0 spiro atoms. The van der Waals surface area contributed by atoms with Crippen LogP contribution < -0.4 is 0 Å². The zero-order valence-electron chi connectivity index (χ0n) is 8.15. The van der Waals surface area contributed by atoms with E-state index in [9.17, 15) is 4.79 Å². The summed E-state index contributed by atoms with van der Waals surface area (Å²) in [6.45, 7) is 1.75. The molecule has 1 aromatic carbocycles. The van der Waals surface area contributed by atoms with Crippen molar-refractivity contribution in [2.24, 2.45) is 0 Å². The van der Waals surface area contributed by atoms with Crippen LogP contribution in [-0.2, 0) is 9.53 Å². The van der Waals surface area contributed by atoms with Crippen molar-refractivity contribution < 1.29 is 9.53 Å². The van der Waals surface area contributed by atoms with Gasteiger partial charge in [0.05, 0.1) is 24.7 Å². The van der Waals surface area contributed by atoms with E-state index in [4.69, 9.17) is 5.26 Å². The summed E-state index contributed by atoms with van der Waals surface area (Å²) in [5, 5.41) is 8.67. The number of nitrogens with zero attached hydrogens (tertiary/aromatic N) is 1. The van der Waals surface area contributed by atoms with Crippen LogP contribution in [-0.4, -0.2) is 13.1 Å². The minimum atomic E-state index is -0.326. The van der Waals surface area contributed by atoms with Gasteiger partial charge in [-0.25, -0.2) is 0 Å². The molecule has 0 amide bonds. The second-order valence-electron chi connectivity index (χ2n) is 2.98. The molecule has 0 saturated heterocycles. The van der Waals surface area contributed by atoms with Gasteiger partial charge in [-0.1, -0.05) is 12.1 Å². The van der Waals surface area contributed by atoms with E-state index in [1.807, 2.05) is 12.1 Å². The van der Waals surface area contributed by atoms with Gasteiger partial charge < -0.3 is 4.74 Å². The van der Waals surface area contributed by atoms with Crippen LogP contribution in [0.5, 0.6) is 0 Å². The van der Waals surface area contributed by atoms with Crippen LogP contribution in [0.2, 0.25) is 0 Å². The third kappa shape index (κ3) is 2.11. The fourth-order valence-corrected chi connectivity index (χ4v) is 1.19. The van der Waals surface area contributed by atoms with Crippen molar-refractivity contribution in [3.8, 4) is 6.07 Å². The first kappa shape index (κ1) is 10.3. The highest BCUT2D eigenvalue weighted by Crippen LogP contribution is 2.17. The van der Waals surface area contributed by atoms with Crippen molar-refractivity contribution in [2.75, 3.05) is 7.11 Å². The molecule has 0 unspecified atom stereocenters. The normalized spacial score (nSPS) is 11.5. The maximum Gasteiger partial charge on any atom is 0.312 e. The van der Waals surface area contributed by atoms with Crippen molar-refractivity contribution in [1.29, 1.82) is 5.26 Å². The second-order valence-corrected chi connectivity index (χ2v) is 2.98. The van der Waals surface area contributed by atoms with Crippen molar-refractivity contribution in [3.63, 3.8) is 0 Å². The molecule has 3 heteroatoms. The lowest BCUT2D eigenvalue weighted by Gasteiger charge is -2.08. The molecule has 0 aliphatic carbocycles. The summed E-state index contributed by atoms with van der Waals surface area (Å²) < 4.78 is 4.62. The summed E-state index contributed by atoms with van der Waals surface area (Å²) in [6.07, 6.45) is 0. The molecule has 1 rings (SSSR count). The van der Waals surface area contributed by atoms with Crippen LogP contribution in [0, 0.1) is 11.3 Å². The zero-order valence-corrected chi connectivity index (χ0v) is 8.15. The third-order valence-electron chi connectivity index (χ3n) is 2.07. The first-order valence-electron chi connectivity index (χ1n) is 4.27. The topological polar surface area (TPSA) is 50.1 Å². The first-order chi connectivity index (χ1) is 6.69. The molecule has 0 bridgehead atoms. The highest BCUT2D eigenvalue weighted by atomic mass is 16.5. The molecule has 0 saturated carbocycles. The summed E-state index contributed by atoms with van der Waals surface area (Å²) in [5.74, 6) is -0.617. The van der Waals surface area contributed by atoms with Gasteiger partial charge in [0.15, 0.2) is 0 Å². The lowest BCUT2D eigenvalue weighted by Crippen LogP contribution is -2.10. The summed E-state index contributed by atoms with van der Waals surface area (Å²) >= 11 is 0. The quantitative estimate of drug-likeness (QED) is 0.667. The standard InChI is InChI=1S/C11H11NO2/c1-8(11(13)14-2)10-5-3-4-9(6-10)7-12/h3-6,8H,1-2H3/t8-/m0/s1. The fraction of sp³-hybridized carbons (Fsp3) is 0.273. The Labute approximate surface area is 82.9 Å². The van der Waals surface area contributed by atoms with Gasteiger partial charge in [-0.3, -0.25) is 4.79 Å². The van der Waals surface area contributed by atoms with E-state index in [1.165, 1.54) is 7.11 Å². The lowest BCUT2D eigenvalue weighted by molar-refractivity contribution is -0.141. The second kappa shape index (κ2) is 4.43. The molecule has 0 aliphatic heterocycles. The summed E-state index contributed by atoms with van der Waals surface area (Å²) in [4.78, 5) is 11.2. The number of ether oxygens (including phenoxy) is 1. The molecule has 0 fully saturated rings. The van der Waals surface area contributed by atoms with Gasteiger partial charge in [-0.15, -0.1) is 0 Å². The van der Waals surface area contributed by atoms with Gasteiger partial charge in [-0.05, 0) is 24.6 Å². The van der Waals surface area contributed by atoms with Crippen LogP contribution in [0.3, 0.4) is 0 Å². The molecular weight excluding hydrogens is 178 g/mol.